The number of ether oxygens (including phenoxy) is 1. The minimum absolute atomic E-state index is 0.138. The van der Waals surface area contributed by atoms with Gasteiger partial charge in [-0.1, -0.05) is 91.4 Å². The van der Waals surface area contributed by atoms with Crippen molar-refractivity contribution in [2.75, 3.05) is 6.61 Å². The van der Waals surface area contributed by atoms with Crippen LogP contribution in [0.5, 0.6) is 5.75 Å². The highest BCUT2D eigenvalue weighted by atomic mass is 19.1. The number of rotatable bonds is 14. The SMILES string of the molecule is CCCCCCCC.CCCCCCCCOc1ccc(C(C)=O)cc1F. The van der Waals surface area contributed by atoms with Crippen molar-refractivity contribution in [3.63, 3.8) is 0 Å². The fourth-order valence-electron chi connectivity index (χ4n) is 2.75. The van der Waals surface area contributed by atoms with Crippen molar-refractivity contribution >= 4 is 5.78 Å². The fourth-order valence-corrected chi connectivity index (χ4v) is 2.75. The van der Waals surface area contributed by atoms with Crippen molar-refractivity contribution < 1.29 is 13.9 Å². The zero-order valence-corrected chi connectivity index (χ0v) is 18.1. The molecule has 2 nitrogen and oxygen atoms in total. The summed E-state index contributed by atoms with van der Waals surface area (Å²) >= 11 is 0. The van der Waals surface area contributed by atoms with Gasteiger partial charge in [-0.05, 0) is 31.5 Å². The normalized spacial score (nSPS) is 10.3. The zero-order chi connectivity index (χ0) is 20.3. The standard InChI is InChI=1S/C16H23FO2.C8H18/c1-3-4-5-6-7-8-11-19-16-10-9-14(13(2)18)12-15(16)17;1-3-5-7-8-6-4-2/h9-10,12H,3-8,11H2,1-2H3;3-8H2,1-2H3. The summed E-state index contributed by atoms with van der Waals surface area (Å²) in [5.74, 6) is -0.362. The van der Waals surface area contributed by atoms with Crippen molar-refractivity contribution in [3.8, 4) is 5.75 Å². The lowest BCUT2D eigenvalue weighted by Crippen LogP contribution is -2.01. The Labute approximate surface area is 166 Å². The Morgan fingerprint density at radius 2 is 1.30 bits per heavy atom. The van der Waals surface area contributed by atoms with Crippen molar-refractivity contribution in [2.24, 2.45) is 0 Å². The first-order valence-electron chi connectivity index (χ1n) is 11.0. The fraction of sp³-hybridized carbons (Fsp3) is 0.708. The minimum Gasteiger partial charge on any atom is -0.491 e. The highest BCUT2D eigenvalue weighted by molar-refractivity contribution is 5.94. The summed E-state index contributed by atoms with van der Waals surface area (Å²) < 4.78 is 19.0. The van der Waals surface area contributed by atoms with Crippen LogP contribution in [0.25, 0.3) is 0 Å². The minimum atomic E-state index is -0.460. The number of unbranched alkanes of at least 4 members (excludes halogenated alkanes) is 10. The van der Waals surface area contributed by atoms with Gasteiger partial charge in [-0.3, -0.25) is 4.79 Å². The van der Waals surface area contributed by atoms with Crippen molar-refractivity contribution in [2.45, 2.75) is 105 Å². The lowest BCUT2D eigenvalue weighted by molar-refractivity contribution is 0.101. The molecule has 0 saturated heterocycles. The third-order valence-electron chi connectivity index (χ3n) is 4.55. The van der Waals surface area contributed by atoms with Gasteiger partial charge in [-0.25, -0.2) is 4.39 Å². The molecule has 0 heterocycles. The highest BCUT2D eigenvalue weighted by Gasteiger charge is 2.07. The predicted molar refractivity (Wildman–Crippen MR) is 114 cm³/mol. The number of carbonyl (C=O) groups is 1. The molecule has 0 bridgehead atoms. The number of ketones is 1. The number of benzene rings is 1. The second-order valence-corrected chi connectivity index (χ2v) is 7.23. The number of hydrogen-bond acceptors (Lipinski definition) is 2. The largest absolute Gasteiger partial charge is 0.491 e. The van der Waals surface area contributed by atoms with E-state index in [0.29, 0.717) is 12.2 Å². The maximum Gasteiger partial charge on any atom is 0.165 e. The molecule has 0 aliphatic carbocycles. The molecule has 0 spiro atoms. The second kappa shape index (κ2) is 18.0. The van der Waals surface area contributed by atoms with Crippen LogP contribution in [0.2, 0.25) is 0 Å². The van der Waals surface area contributed by atoms with E-state index in [0.717, 1.165) is 12.8 Å². The van der Waals surface area contributed by atoms with E-state index < -0.39 is 5.82 Å². The number of carbonyl (C=O) groups excluding carboxylic acids is 1. The van der Waals surface area contributed by atoms with E-state index >= 15 is 0 Å². The molecular formula is C24H41FO2. The van der Waals surface area contributed by atoms with E-state index in [1.807, 2.05) is 0 Å². The molecule has 1 aromatic carbocycles. The molecule has 3 heteroatoms. The molecule has 0 unspecified atom stereocenters. The second-order valence-electron chi connectivity index (χ2n) is 7.23. The lowest BCUT2D eigenvalue weighted by atomic mass is 10.1. The van der Waals surface area contributed by atoms with Crippen molar-refractivity contribution in [1.29, 1.82) is 0 Å². The topological polar surface area (TPSA) is 26.3 Å². The third kappa shape index (κ3) is 14.4. The summed E-state index contributed by atoms with van der Waals surface area (Å²) in [6.45, 7) is 8.66. The van der Waals surface area contributed by atoms with Gasteiger partial charge in [-0.2, -0.15) is 0 Å². The quantitative estimate of drug-likeness (QED) is 0.240. The van der Waals surface area contributed by atoms with Crippen LogP contribution < -0.4 is 4.74 Å². The third-order valence-corrected chi connectivity index (χ3v) is 4.55. The molecule has 0 N–H and O–H groups in total. The van der Waals surface area contributed by atoms with E-state index in [1.54, 1.807) is 6.07 Å². The summed E-state index contributed by atoms with van der Waals surface area (Å²) in [6, 6.07) is 4.37. The van der Waals surface area contributed by atoms with Gasteiger partial charge in [0.05, 0.1) is 6.61 Å². The smallest absolute Gasteiger partial charge is 0.165 e. The Morgan fingerprint density at radius 3 is 1.74 bits per heavy atom. The summed E-state index contributed by atoms with van der Waals surface area (Å²) in [6.07, 6.45) is 15.5. The maximum atomic E-state index is 13.6. The molecule has 1 rings (SSSR count). The molecular weight excluding hydrogens is 339 g/mol. The number of hydrogen-bond donors (Lipinski definition) is 0. The maximum absolute atomic E-state index is 13.6. The Bertz CT molecular complexity index is 479. The molecule has 156 valence electrons. The summed E-state index contributed by atoms with van der Waals surface area (Å²) in [4.78, 5) is 11.1. The highest BCUT2D eigenvalue weighted by Crippen LogP contribution is 2.19. The van der Waals surface area contributed by atoms with Crippen LogP contribution in [0, 0.1) is 5.82 Å². The van der Waals surface area contributed by atoms with Crippen LogP contribution in [0.3, 0.4) is 0 Å². The van der Waals surface area contributed by atoms with Gasteiger partial charge in [0.2, 0.25) is 0 Å². The molecule has 0 saturated carbocycles. The van der Waals surface area contributed by atoms with Crippen LogP contribution in [-0.4, -0.2) is 12.4 Å². The summed E-state index contributed by atoms with van der Waals surface area (Å²) in [7, 11) is 0. The lowest BCUT2D eigenvalue weighted by Gasteiger charge is -2.08. The summed E-state index contributed by atoms with van der Waals surface area (Å²) in [5, 5.41) is 0. The van der Waals surface area contributed by atoms with Crippen LogP contribution >= 0.6 is 0 Å². The number of Topliss-reactive ketones (excluding diaryl/α,β-unsaturated/α-hetero) is 1. The van der Waals surface area contributed by atoms with Crippen LogP contribution in [0.1, 0.15) is 115 Å². The van der Waals surface area contributed by atoms with E-state index in [4.69, 9.17) is 4.74 Å². The first-order valence-corrected chi connectivity index (χ1v) is 11.0. The molecule has 0 aromatic heterocycles. The van der Waals surface area contributed by atoms with Gasteiger partial charge in [0.25, 0.3) is 0 Å². The van der Waals surface area contributed by atoms with Crippen LogP contribution in [0.4, 0.5) is 4.39 Å². The van der Waals surface area contributed by atoms with Crippen molar-refractivity contribution in [3.05, 3.63) is 29.6 Å². The Hall–Kier alpha value is -1.38. The van der Waals surface area contributed by atoms with Gasteiger partial charge >= 0.3 is 0 Å². The van der Waals surface area contributed by atoms with Gasteiger partial charge in [0, 0.05) is 5.56 Å². The van der Waals surface area contributed by atoms with Gasteiger partial charge in [0.15, 0.2) is 17.3 Å². The molecule has 0 amide bonds. The molecule has 0 atom stereocenters. The van der Waals surface area contributed by atoms with E-state index in [1.165, 1.54) is 83.3 Å². The molecule has 1 aromatic rings. The van der Waals surface area contributed by atoms with Gasteiger partial charge in [0.1, 0.15) is 0 Å². The molecule has 0 aliphatic heterocycles. The van der Waals surface area contributed by atoms with E-state index in [2.05, 4.69) is 20.8 Å². The van der Waals surface area contributed by atoms with Crippen LogP contribution in [-0.2, 0) is 0 Å². The first kappa shape index (κ1) is 25.6. The molecule has 0 aliphatic rings. The average molecular weight is 381 g/mol. The van der Waals surface area contributed by atoms with Crippen molar-refractivity contribution in [1.82, 2.24) is 0 Å². The predicted octanol–water partition coefficient (Wildman–Crippen LogP) is 8.13. The number of halogens is 1. The first-order chi connectivity index (χ1) is 13.1. The van der Waals surface area contributed by atoms with E-state index in [9.17, 15) is 9.18 Å². The molecule has 27 heavy (non-hydrogen) atoms. The van der Waals surface area contributed by atoms with Gasteiger partial charge < -0.3 is 4.74 Å². The Kier molecular flexibility index (Phi) is 17.1. The van der Waals surface area contributed by atoms with Crippen LogP contribution in [0.15, 0.2) is 18.2 Å². The summed E-state index contributed by atoms with van der Waals surface area (Å²) in [5.41, 5.74) is 0.379. The van der Waals surface area contributed by atoms with E-state index in [-0.39, 0.29) is 11.5 Å². The van der Waals surface area contributed by atoms with Gasteiger partial charge in [-0.15, -0.1) is 0 Å². The average Bonchev–Trinajstić information content (AvgIpc) is 2.66. The zero-order valence-electron chi connectivity index (χ0n) is 18.1. The Balaban J connectivity index is 0.000000713. The monoisotopic (exact) mass is 380 g/mol. The molecule has 0 radical (unpaired) electrons. The molecule has 0 fully saturated rings. The Morgan fingerprint density at radius 1 is 0.815 bits per heavy atom.